The molecule has 0 atom stereocenters. The molecular formula is C24H26N2O2. The number of aromatic nitrogens is 1. The summed E-state index contributed by atoms with van der Waals surface area (Å²) in [7, 11) is 0. The van der Waals surface area contributed by atoms with Crippen LogP contribution in [0.3, 0.4) is 0 Å². The molecule has 0 bridgehead atoms. The first kappa shape index (κ1) is 18.6. The van der Waals surface area contributed by atoms with Crippen molar-refractivity contribution in [3.63, 3.8) is 0 Å². The Hall–Kier alpha value is -2.74. The Morgan fingerprint density at radius 1 is 1.11 bits per heavy atom. The summed E-state index contributed by atoms with van der Waals surface area (Å²) >= 11 is 0. The van der Waals surface area contributed by atoms with Crippen molar-refractivity contribution in [3.8, 4) is 23.1 Å². The van der Waals surface area contributed by atoms with Gasteiger partial charge in [-0.3, -0.25) is 0 Å². The molecule has 2 aromatic carbocycles. The van der Waals surface area contributed by atoms with E-state index in [-0.39, 0.29) is 0 Å². The summed E-state index contributed by atoms with van der Waals surface area (Å²) in [5.74, 6) is 6.04. The average molecular weight is 374 g/mol. The Balaban J connectivity index is 1.77. The molecule has 1 aliphatic heterocycles. The fourth-order valence-electron chi connectivity index (χ4n) is 3.49. The van der Waals surface area contributed by atoms with E-state index in [2.05, 4.69) is 52.5 Å². The molecule has 1 aliphatic rings. The molecule has 1 aromatic heterocycles. The van der Waals surface area contributed by atoms with Crippen LogP contribution in [0.25, 0.3) is 22.2 Å². The third kappa shape index (κ3) is 4.39. The minimum atomic E-state index is -1.02. The second-order valence-corrected chi connectivity index (χ2v) is 7.88. The van der Waals surface area contributed by atoms with E-state index in [4.69, 9.17) is 4.74 Å². The number of anilines is 1. The van der Waals surface area contributed by atoms with Crippen LogP contribution in [-0.2, 0) is 4.74 Å². The van der Waals surface area contributed by atoms with Gasteiger partial charge in [0.15, 0.2) is 0 Å². The maximum atomic E-state index is 9.97. The lowest BCUT2D eigenvalue weighted by Gasteiger charge is -2.24. The van der Waals surface area contributed by atoms with Crippen LogP contribution in [-0.4, -0.2) is 34.9 Å². The fraction of sp³-hybridized carbons (Fsp3) is 0.333. The van der Waals surface area contributed by atoms with Gasteiger partial charge in [-0.1, -0.05) is 42.2 Å². The van der Waals surface area contributed by atoms with Gasteiger partial charge in [-0.25, -0.2) is 0 Å². The Morgan fingerprint density at radius 2 is 1.86 bits per heavy atom. The molecule has 1 saturated heterocycles. The van der Waals surface area contributed by atoms with Crippen LogP contribution in [0.15, 0.2) is 48.5 Å². The van der Waals surface area contributed by atoms with Crippen LogP contribution in [0.5, 0.6) is 0 Å². The summed E-state index contributed by atoms with van der Waals surface area (Å²) in [6.45, 7) is 4.98. The van der Waals surface area contributed by atoms with Crippen molar-refractivity contribution in [3.05, 3.63) is 54.1 Å². The highest BCUT2D eigenvalue weighted by Gasteiger charge is 2.16. The molecule has 4 rings (SSSR count). The molecule has 0 unspecified atom stereocenters. The molecule has 0 saturated carbocycles. The van der Waals surface area contributed by atoms with Gasteiger partial charge in [0.25, 0.3) is 0 Å². The molecular weight excluding hydrogens is 348 g/mol. The van der Waals surface area contributed by atoms with Gasteiger partial charge in [-0.05, 0) is 50.5 Å². The zero-order chi connectivity index (χ0) is 19.6. The molecule has 0 amide bonds. The quantitative estimate of drug-likeness (QED) is 0.590. The first-order valence-corrected chi connectivity index (χ1v) is 9.80. The minimum absolute atomic E-state index is 0.387. The maximum absolute atomic E-state index is 9.97. The highest BCUT2D eigenvalue weighted by molar-refractivity contribution is 5.96. The number of hydrogen-bond donors (Lipinski definition) is 3. The normalized spacial score (nSPS) is 15.2. The molecule has 144 valence electrons. The van der Waals surface area contributed by atoms with Crippen LogP contribution in [0.1, 0.15) is 32.3 Å². The lowest BCUT2D eigenvalue weighted by molar-refractivity contribution is 0.0905. The number of aliphatic hydroxyl groups is 1. The van der Waals surface area contributed by atoms with Gasteiger partial charge in [0.1, 0.15) is 5.60 Å². The molecule has 28 heavy (non-hydrogen) atoms. The zero-order valence-electron chi connectivity index (χ0n) is 16.4. The van der Waals surface area contributed by atoms with Crippen LogP contribution in [0, 0.1) is 11.8 Å². The van der Waals surface area contributed by atoms with Gasteiger partial charge < -0.3 is 20.1 Å². The van der Waals surface area contributed by atoms with Crippen molar-refractivity contribution in [2.24, 2.45) is 0 Å². The molecule has 3 N–H and O–H groups in total. The van der Waals surface area contributed by atoms with Gasteiger partial charge in [0.2, 0.25) is 0 Å². The predicted molar refractivity (Wildman–Crippen MR) is 114 cm³/mol. The van der Waals surface area contributed by atoms with Crippen LogP contribution < -0.4 is 5.32 Å². The van der Waals surface area contributed by atoms with E-state index >= 15 is 0 Å². The van der Waals surface area contributed by atoms with Crippen molar-refractivity contribution >= 4 is 16.6 Å². The van der Waals surface area contributed by atoms with E-state index in [1.165, 1.54) is 0 Å². The zero-order valence-corrected chi connectivity index (χ0v) is 16.4. The van der Waals surface area contributed by atoms with Gasteiger partial charge >= 0.3 is 0 Å². The minimum Gasteiger partial charge on any atom is -0.381 e. The van der Waals surface area contributed by atoms with Crippen molar-refractivity contribution in [2.75, 3.05) is 18.5 Å². The fourth-order valence-corrected chi connectivity index (χ4v) is 3.49. The number of nitrogens with one attached hydrogen (secondary N) is 2. The average Bonchev–Trinajstić information content (AvgIpc) is 3.12. The van der Waals surface area contributed by atoms with Crippen molar-refractivity contribution < 1.29 is 9.84 Å². The lowest BCUT2D eigenvalue weighted by Crippen LogP contribution is -2.27. The molecule has 0 spiro atoms. The molecule has 1 fully saturated rings. The molecule has 3 aromatic rings. The Bertz CT molecular complexity index is 1010. The van der Waals surface area contributed by atoms with Crippen molar-refractivity contribution in [2.45, 2.75) is 38.3 Å². The second kappa shape index (κ2) is 7.71. The van der Waals surface area contributed by atoms with Gasteiger partial charge in [-0.15, -0.1) is 0 Å². The Morgan fingerprint density at radius 3 is 2.57 bits per heavy atom. The SMILES string of the molecule is CC(C)(O)C#Cc1cc(NC2CCOCC2)c2[nH]c(-c3ccccc3)cc2c1. The number of aromatic amines is 1. The molecule has 0 radical (unpaired) electrons. The van der Waals surface area contributed by atoms with E-state index in [0.717, 1.165) is 59.5 Å². The monoisotopic (exact) mass is 374 g/mol. The maximum Gasteiger partial charge on any atom is 0.120 e. The summed E-state index contributed by atoms with van der Waals surface area (Å²) in [6, 6.07) is 17.0. The number of rotatable bonds is 3. The molecule has 4 nitrogen and oxygen atoms in total. The van der Waals surface area contributed by atoms with E-state index in [0.29, 0.717) is 6.04 Å². The molecule has 2 heterocycles. The highest BCUT2D eigenvalue weighted by Crippen LogP contribution is 2.31. The van der Waals surface area contributed by atoms with Crippen LogP contribution in [0.4, 0.5) is 5.69 Å². The summed E-state index contributed by atoms with van der Waals surface area (Å²) in [4.78, 5) is 3.58. The second-order valence-electron chi connectivity index (χ2n) is 7.88. The van der Waals surface area contributed by atoms with Gasteiger partial charge in [0, 0.05) is 35.9 Å². The first-order chi connectivity index (χ1) is 13.5. The number of hydrogen-bond acceptors (Lipinski definition) is 3. The lowest BCUT2D eigenvalue weighted by atomic mass is 10.1. The summed E-state index contributed by atoms with van der Waals surface area (Å²) in [6.07, 6.45) is 1.99. The van der Waals surface area contributed by atoms with E-state index in [1.54, 1.807) is 13.8 Å². The predicted octanol–water partition coefficient (Wildman–Crippen LogP) is 4.55. The first-order valence-electron chi connectivity index (χ1n) is 9.80. The third-order valence-electron chi connectivity index (χ3n) is 4.91. The largest absolute Gasteiger partial charge is 0.381 e. The summed E-state index contributed by atoms with van der Waals surface area (Å²) in [5.41, 5.74) is 4.24. The Kier molecular flexibility index (Phi) is 5.13. The van der Waals surface area contributed by atoms with E-state index in [1.807, 2.05) is 18.2 Å². The smallest absolute Gasteiger partial charge is 0.120 e. The summed E-state index contributed by atoms with van der Waals surface area (Å²) in [5, 5.41) is 14.8. The molecule has 4 heteroatoms. The van der Waals surface area contributed by atoms with E-state index in [9.17, 15) is 5.11 Å². The van der Waals surface area contributed by atoms with Crippen LogP contribution >= 0.6 is 0 Å². The number of fused-ring (bicyclic) bond motifs is 1. The van der Waals surface area contributed by atoms with Crippen molar-refractivity contribution in [1.82, 2.24) is 4.98 Å². The highest BCUT2D eigenvalue weighted by atomic mass is 16.5. The third-order valence-corrected chi connectivity index (χ3v) is 4.91. The summed E-state index contributed by atoms with van der Waals surface area (Å²) < 4.78 is 5.49. The topological polar surface area (TPSA) is 57.3 Å². The van der Waals surface area contributed by atoms with E-state index < -0.39 is 5.60 Å². The van der Waals surface area contributed by atoms with Gasteiger partial charge in [-0.2, -0.15) is 0 Å². The molecule has 0 aliphatic carbocycles. The number of H-pyrrole nitrogens is 1. The van der Waals surface area contributed by atoms with Crippen molar-refractivity contribution in [1.29, 1.82) is 0 Å². The standard InChI is InChI=1S/C24H26N2O2/c1-24(2,27)11-8-17-14-19-16-21(18-6-4-3-5-7-18)26-23(19)22(15-17)25-20-9-12-28-13-10-20/h3-7,14-16,20,25-27H,9-10,12-13H2,1-2H3. The number of benzene rings is 2. The number of ether oxygens (including phenoxy) is 1. The van der Waals surface area contributed by atoms with Crippen LogP contribution in [0.2, 0.25) is 0 Å². The van der Waals surface area contributed by atoms with Gasteiger partial charge in [0.05, 0.1) is 11.2 Å². The Labute approximate surface area is 165 Å².